The Labute approximate surface area is 123 Å². The molecule has 106 valence electrons. The molecule has 1 saturated heterocycles. The van der Waals surface area contributed by atoms with Gasteiger partial charge < -0.3 is 9.47 Å². The van der Waals surface area contributed by atoms with E-state index in [9.17, 15) is 4.79 Å². The van der Waals surface area contributed by atoms with Crippen molar-refractivity contribution in [2.45, 2.75) is 25.8 Å². The number of rotatable bonds is 1. The average Bonchev–Trinajstić information content (AvgIpc) is 2.42. The summed E-state index contributed by atoms with van der Waals surface area (Å²) in [6, 6.07) is 4.06. The van der Waals surface area contributed by atoms with Gasteiger partial charge in [-0.05, 0) is 57.6 Å². The second-order valence-corrected chi connectivity index (χ2v) is 6.00. The van der Waals surface area contributed by atoms with Gasteiger partial charge in [-0.1, -0.05) is 11.6 Å². The van der Waals surface area contributed by atoms with Crippen LogP contribution in [-0.4, -0.2) is 34.6 Å². The van der Waals surface area contributed by atoms with Gasteiger partial charge in [0.2, 0.25) is 0 Å². The first-order valence-corrected chi connectivity index (χ1v) is 7.30. The van der Waals surface area contributed by atoms with Crippen LogP contribution in [0.4, 0.5) is 0 Å². The molecular formula is C15H18ClN3O. The van der Waals surface area contributed by atoms with E-state index in [2.05, 4.69) is 16.9 Å². The van der Waals surface area contributed by atoms with Crippen LogP contribution in [0, 0.1) is 6.92 Å². The number of hydrogen-bond donors (Lipinski definition) is 0. The topological polar surface area (TPSA) is 38.1 Å². The standard InChI is InChI=1S/C15H18ClN3O/c1-10-7-13-14(8-12(10)16)19(15(20)9-17-13)11-3-5-18(2)6-4-11/h7-9,11H,3-6H2,1-2H3. The molecule has 0 spiro atoms. The van der Waals surface area contributed by atoms with Crippen molar-refractivity contribution in [3.05, 3.63) is 39.3 Å². The van der Waals surface area contributed by atoms with Crippen molar-refractivity contribution in [2.75, 3.05) is 20.1 Å². The van der Waals surface area contributed by atoms with E-state index in [-0.39, 0.29) is 11.6 Å². The molecule has 20 heavy (non-hydrogen) atoms. The number of halogens is 1. The summed E-state index contributed by atoms with van der Waals surface area (Å²) < 4.78 is 1.88. The Morgan fingerprint density at radius 3 is 2.70 bits per heavy atom. The molecule has 3 rings (SSSR count). The number of benzene rings is 1. The lowest BCUT2D eigenvalue weighted by Crippen LogP contribution is -2.35. The number of aryl methyl sites for hydroxylation is 1. The van der Waals surface area contributed by atoms with Crippen LogP contribution in [0.3, 0.4) is 0 Å². The molecule has 0 saturated carbocycles. The third kappa shape index (κ3) is 2.34. The third-order valence-electron chi connectivity index (χ3n) is 4.12. The van der Waals surface area contributed by atoms with Gasteiger partial charge in [0.25, 0.3) is 5.56 Å². The Kier molecular flexibility index (Phi) is 3.52. The van der Waals surface area contributed by atoms with E-state index in [1.54, 1.807) is 0 Å². The van der Waals surface area contributed by atoms with E-state index in [1.165, 1.54) is 6.20 Å². The highest BCUT2D eigenvalue weighted by Gasteiger charge is 2.21. The minimum atomic E-state index is -0.0352. The molecule has 0 N–H and O–H groups in total. The molecule has 5 heteroatoms. The first-order valence-electron chi connectivity index (χ1n) is 6.92. The molecule has 1 aliphatic heterocycles. The monoisotopic (exact) mass is 291 g/mol. The molecule has 1 aromatic carbocycles. The van der Waals surface area contributed by atoms with Crippen LogP contribution in [0.15, 0.2) is 23.1 Å². The molecule has 0 atom stereocenters. The molecule has 4 nitrogen and oxygen atoms in total. The predicted molar refractivity (Wildman–Crippen MR) is 81.5 cm³/mol. The normalized spacial score (nSPS) is 17.8. The zero-order chi connectivity index (χ0) is 14.3. The molecule has 0 bridgehead atoms. The lowest BCUT2D eigenvalue weighted by molar-refractivity contribution is 0.221. The summed E-state index contributed by atoms with van der Waals surface area (Å²) in [6.07, 6.45) is 3.40. The van der Waals surface area contributed by atoms with Crippen molar-refractivity contribution in [2.24, 2.45) is 0 Å². The Morgan fingerprint density at radius 1 is 1.30 bits per heavy atom. The van der Waals surface area contributed by atoms with E-state index in [1.807, 2.05) is 23.6 Å². The highest BCUT2D eigenvalue weighted by Crippen LogP contribution is 2.26. The highest BCUT2D eigenvalue weighted by atomic mass is 35.5. The van der Waals surface area contributed by atoms with Gasteiger partial charge in [-0.2, -0.15) is 0 Å². The molecule has 0 aliphatic carbocycles. The number of likely N-dealkylation sites (tertiary alicyclic amines) is 1. The Bertz CT molecular complexity index is 702. The molecular weight excluding hydrogens is 274 g/mol. The van der Waals surface area contributed by atoms with Gasteiger partial charge in [-0.25, -0.2) is 4.98 Å². The van der Waals surface area contributed by atoms with Gasteiger partial charge in [0.15, 0.2) is 0 Å². The molecule has 0 radical (unpaired) electrons. The number of hydrogen-bond acceptors (Lipinski definition) is 3. The van der Waals surface area contributed by atoms with Crippen LogP contribution in [0.25, 0.3) is 11.0 Å². The number of nitrogens with zero attached hydrogens (tertiary/aromatic N) is 3. The third-order valence-corrected chi connectivity index (χ3v) is 4.53. The Hall–Kier alpha value is -1.39. The summed E-state index contributed by atoms with van der Waals surface area (Å²) in [5.41, 5.74) is 2.64. The van der Waals surface area contributed by atoms with Crippen molar-refractivity contribution >= 4 is 22.6 Å². The Morgan fingerprint density at radius 2 is 2.00 bits per heavy atom. The fraction of sp³-hybridized carbons (Fsp3) is 0.467. The van der Waals surface area contributed by atoms with Gasteiger partial charge in [0.05, 0.1) is 17.2 Å². The van der Waals surface area contributed by atoms with Crippen molar-refractivity contribution in [3.63, 3.8) is 0 Å². The van der Waals surface area contributed by atoms with Crippen LogP contribution in [0.5, 0.6) is 0 Å². The highest BCUT2D eigenvalue weighted by molar-refractivity contribution is 6.32. The summed E-state index contributed by atoms with van der Waals surface area (Å²) >= 11 is 6.22. The maximum atomic E-state index is 12.3. The van der Waals surface area contributed by atoms with E-state index in [4.69, 9.17) is 11.6 Å². The minimum absolute atomic E-state index is 0.0352. The van der Waals surface area contributed by atoms with E-state index in [0.29, 0.717) is 5.02 Å². The second-order valence-electron chi connectivity index (χ2n) is 5.59. The largest absolute Gasteiger partial charge is 0.306 e. The summed E-state index contributed by atoms with van der Waals surface area (Å²) in [7, 11) is 2.11. The molecule has 1 aliphatic rings. The van der Waals surface area contributed by atoms with E-state index < -0.39 is 0 Å². The van der Waals surface area contributed by atoms with Crippen molar-refractivity contribution in [3.8, 4) is 0 Å². The Balaban J connectivity index is 2.16. The van der Waals surface area contributed by atoms with Crippen molar-refractivity contribution in [1.82, 2.24) is 14.5 Å². The summed E-state index contributed by atoms with van der Waals surface area (Å²) in [5, 5.41) is 0.687. The fourth-order valence-electron chi connectivity index (χ4n) is 2.89. The van der Waals surface area contributed by atoms with E-state index >= 15 is 0 Å². The number of fused-ring (bicyclic) bond motifs is 1. The molecule has 2 heterocycles. The maximum absolute atomic E-state index is 12.3. The lowest BCUT2D eigenvalue weighted by atomic mass is 10.0. The van der Waals surface area contributed by atoms with Gasteiger partial charge in [-0.15, -0.1) is 0 Å². The van der Waals surface area contributed by atoms with Crippen LogP contribution in [0.1, 0.15) is 24.4 Å². The van der Waals surface area contributed by atoms with Gasteiger partial charge >= 0.3 is 0 Å². The quantitative estimate of drug-likeness (QED) is 0.811. The smallest absolute Gasteiger partial charge is 0.269 e. The van der Waals surface area contributed by atoms with Gasteiger partial charge in [0, 0.05) is 11.1 Å². The minimum Gasteiger partial charge on any atom is -0.306 e. The predicted octanol–water partition coefficient (Wildman–Crippen LogP) is 2.63. The molecule has 1 fully saturated rings. The molecule has 1 aromatic heterocycles. The number of aromatic nitrogens is 2. The first-order chi connectivity index (χ1) is 9.56. The SMILES string of the molecule is Cc1cc2ncc(=O)n(C3CCN(C)CC3)c2cc1Cl. The number of piperidine rings is 1. The maximum Gasteiger partial charge on any atom is 0.269 e. The second kappa shape index (κ2) is 5.19. The first kappa shape index (κ1) is 13.6. The summed E-state index contributed by atoms with van der Waals surface area (Å²) in [6.45, 7) is 3.98. The average molecular weight is 292 g/mol. The van der Waals surface area contributed by atoms with Crippen molar-refractivity contribution in [1.29, 1.82) is 0 Å². The molecule has 2 aromatic rings. The van der Waals surface area contributed by atoms with Crippen molar-refractivity contribution < 1.29 is 0 Å². The zero-order valence-electron chi connectivity index (χ0n) is 11.8. The van der Waals surface area contributed by atoms with Crippen LogP contribution in [0.2, 0.25) is 5.02 Å². The van der Waals surface area contributed by atoms with Crippen LogP contribution in [-0.2, 0) is 0 Å². The van der Waals surface area contributed by atoms with E-state index in [0.717, 1.165) is 42.5 Å². The van der Waals surface area contributed by atoms with Gasteiger partial charge in [0.1, 0.15) is 0 Å². The summed E-state index contributed by atoms with van der Waals surface area (Å²) in [4.78, 5) is 18.8. The van der Waals surface area contributed by atoms with Gasteiger partial charge in [-0.3, -0.25) is 4.79 Å². The van der Waals surface area contributed by atoms with Crippen LogP contribution < -0.4 is 5.56 Å². The molecule has 0 amide bonds. The lowest BCUT2D eigenvalue weighted by Gasteiger charge is -2.30. The fourth-order valence-corrected chi connectivity index (χ4v) is 3.05. The van der Waals surface area contributed by atoms with Crippen LogP contribution >= 0.6 is 11.6 Å². The zero-order valence-corrected chi connectivity index (χ0v) is 12.5. The summed E-state index contributed by atoms with van der Waals surface area (Å²) in [5.74, 6) is 0. The molecule has 0 unspecified atom stereocenters.